The zero-order valence-corrected chi connectivity index (χ0v) is 19.1. The van der Waals surface area contributed by atoms with E-state index in [9.17, 15) is 9.59 Å². The highest BCUT2D eigenvalue weighted by molar-refractivity contribution is 6.34. The van der Waals surface area contributed by atoms with Gasteiger partial charge in [0.2, 0.25) is 11.8 Å². The van der Waals surface area contributed by atoms with Gasteiger partial charge in [0.1, 0.15) is 6.04 Å². The molecule has 1 aromatic heterocycles. The first-order valence-electron chi connectivity index (χ1n) is 10.1. The van der Waals surface area contributed by atoms with Gasteiger partial charge < -0.3 is 10.6 Å². The van der Waals surface area contributed by atoms with Gasteiger partial charge in [0.25, 0.3) is 0 Å². The van der Waals surface area contributed by atoms with Gasteiger partial charge in [-0.3, -0.25) is 14.3 Å². The quantitative estimate of drug-likeness (QED) is 0.550. The topological polar surface area (TPSA) is 76.0 Å². The first kappa shape index (κ1) is 22.6. The van der Waals surface area contributed by atoms with E-state index < -0.39 is 11.5 Å². The summed E-state index contributed by atoms with van der Waals surface area (Å²) in [5, 5.41) is 10.5. The average Bonchev–Trinajstić information content (AvgIpc) is 3.07. The fraction of sp³-hybridized carbons (Fsp3) is 0.292. The van der Waals surface area contributed by atoms with E-state index in [4.69, 9.17) is 11.6 Å². The Hall–Kier alpha value is -3.12. The van der Waals surface area contributed by atoms with E-state index in [1.165, 1.54) is 0 Å². The molecule has 3 rings (SSSR count). The summed E-state index contributed by atoms with van der Waals surface area (Å²) in [5.41, 5.74) is 3.00. The number of anilines is 2. The SMILES string of the molecule is Cc1cc(C)n([C@@H](C)C(=O)Nc2ccc(NC(=O)C(C)(C)c3ccccc3)cc2Cl)n1. The minimum absolute atomic E-state index is 0.148. The zero-order valence-electron chi connectivity index (χ0n) is 18.4. The Bertz CT molecular complexity index is 1110. The molecule has 3 aromatic rings. The van der Waals surface area contributed by atoms with Crippen LogP contribution in [0.25, 0.3) is 0 Å². The van der Waals surface area contributed by atoms with Gasteiger partial charge >= 0.3 is 0 Å². The normalized spacial score (nSPS) is 12.3. The van der Waals surface area contributed by atoms with Gasteiger partial charge in [0.05, 0.1) is 21.8 Å². The molecule has 162 valence electrons. The number of aryl methyl sites for hydroxylation is 2. The van der Waals surface area contributed by atoms with Crippen molar-refractivity contribution in [2.75, 3.05) is 10.6 Å². The predicted octanol–water partition coefficient (Wildman–Crippen LogP) is 5.27. The van der Waals surface area contributed by atoms with Crippen LogP contribution in [0.15, 0.2) is 54.6 Å². The highest BCUT2D eigenvalue weighted by Gasteiger charge is 2.29. The van der Waals surface area contributed by atoms with Crippen molar-refractivity contribution in [1.82, 2.24) is 9.78 Å². The molecule has 0 saturated heterocycles. The lowest BCUT2D eigenvalue weighted by molar-refractivity contribution is -0.120. The Labute approximate surface area is 187 Å². The summed E-state index contributed by atoms with van der Waals surface area (Å²) < 4.78 is 1.68. The van der Waals surface area contributed by atoms with Gasteiger partial charge in [0.15, 0.2) is 0 Å². The molecule has 0 aliphatic rings. The predicted molar refractivity (Wildman–Crippen MR) is 125 cm³/mol. The molecule has 7 heteroatoms. The third-order valence-corrected chi connectivity index (χ3v) is 5.65. The first-order valence-corrected chi connectivity index (χ1v) is 10.5. The Morgan fingerprint density at radius 2 is 1.71 bits per heavy atom. The van der Waals surface area contributed by atoms with Crippen LogP contribution in [0.2, 0.25) is 5.02 Å². The molecule has 31 heavy (non-hydrogen) atoms. The van der Waals surface area contributed by atoms with Crippen molar-refractivity contribution in [2.24, 2.45) is 0 Å². The van der Waals surface area contributed by atoms with Crippen molar-refractivity contribution in [3.8, 4) is 0 Å². The molecular weight excluding hydrogens is 412 g/mol. The molecule has 1 atom stereocenters. The average molecular weight is 439 g/mol. The monoisotopic (exact) mass is 438 g/mol. The maximum atomic E-state index is 12.9. The number of nitrogens with zero attached hydrogens (tertiary/aromatic N) is 2. The molecule has 0 bridgehead atoms. The van der Waals surface area contributed by atoms with Crippen molar-refractivity contribution < 1.29 is 9.59 Å². The van der Waals surface area contributed by atoms with Crippen LogP contribution in [-0.4, -0.2) is 21.6 Å². The van der Waals surface area contributed by atoms with Crippen LogP contribution in [0.5, 0.6) is 0 Å². The molecule has 2 amide bonds. The fourth-order valence-corrected chi connectivity index (χ4v) is 3.58. The van der Waals surface area contributed by atoms with Gasteiger partial charge in [0, 0.05) is 11.4 Å². The highest BCUT2D eigenvalue weighted by Crippen LogP contribution is 2.29. The fourth-order valence-electron chi connectivity index (χ4n) is 3.35. The van der Waals surface area contributed by atoms with Crippen LogP contribution in [0.4, 0.5) is 11.4 Å². The maximum absolute atomic E-state index is 12.9. The molecule has 0 aliphatic carbocycles. The number of carbonyl (C=O) groups is 2. The van der Waals surface area contributed by atoms with E-state index >= 15 is 0 Å². The van der Waals surface area contributed by atoms with E-state index in [2.05, 4.69) is 15.7 Å². The second-order valence-corrected chi connectivity index (χ2v) is 8.58. The Morgan fingerprint density at radius 1 is 1.03 bits per heavy atom. The molecule has 0 spiro atoms. The number of halogens is 1. The second kappa shape index (κ2) is 8.94. The molecule has 0 radical (unpaired) electrons. The van der Waals surface area contributed by atoms with Gasteiger partial charge in [-0.2, -0.15) is 5.10 Å². The minimum Gasteiger partial charge on any atom is -0.325 e. The lowest BCUT2D eigenvalue weighted by Gasteiger charge is -2.24. The largest absolute Gasteiger partial charge is 0.325 e. The lowest BCUT2D eigenvalue weighted by Crippen LogP contribution is -2.34. The second-order valence-electron chi connectivity index (χ2n) is 8.18. The molecule has 0 saturated carbocycles. The summed E-state index contributed by atoms with van der Waals surface area (Å²) in [7, 11) is 0. The number of amides is 2. The maximum Gasteiger partial charge on any atom is 0.248 e. The molecule has 2 aromatic carbocycles. The lowest BCUT2D eigenvalue weighted by atomic mass is 9.83. The molecule has 0 aliphatic heterocycles. The van der Waals surface area contributed by atoms with Crippen LogP contribution < -0.4 is 10.6 Å². The number of hydrogen-bond donors (Lipinski definition) is 2. The van der Waals surface area contributed by atoms with Crippen LogP contribution in [0.3, 0.4) is 0 Å². The van der Waals surface area contributed by atoms with Gasteiger partial charge in [-0.05, 0) is 64.4 Å². The van der Waals surface area contributed by atoms with Crippen LogP contribution in [0.1, 0.15) is 43.8 Å². The summed E-state index contributed by atoms with van der Waals surface area (Å²) in [6.07, 6.45) is 0. The van der Waals surface area contributed by atoms with E-state index in [0.29, 0.717) is 16.4 Å². The van der Waals surface area contributed by atoms with Crippen molar-refractivity contribution in [3.63, 3.8) is 0 Å². The molecule has 0 fully saturated rings. The standard InChI is InChI=1S/C24H27ClN4O2/c1-15-13-16(2)29(28-15)17(3)22(30)27-21-12-11-19(14-20(21)25)26-23(31)24(4,5)18-9-7-6-8-10-18/h6-14,17H,1-5H3,(H,26,31)(H,27,30)/t17-/m0/s1. The minimum atomic E-state index is -0.712. The van der Waals surface area contributed by atoms with E-state index in [0.717, 1.165) is 17.0 Å². The third kappa shape index (κ3) is 4.97. The van der Waals surface area contributed by atoms with Crippen molar-refractivity contribution in [3.05, 3.63) is 76.6 Å². The van der Waals surface area contributed by atoms with Crippen molar-refractivity contribution >= 4 is 34.8 Å². The van der Waals surface area contributed by atoms with Crippen molar-refractivity contribution in [2.45, 2.75) is 46.1 Å². The number of hydrogen-bond acceptors (Lipinski definition) is 3. The Balaban J connectivity index is 1.70. The van der Waals surface area contributed by atoms with E-state index in [1.54, 1.807) is 29.8 Å². The molecule has 1 heterocycles. The van der Waals surface area contributed by atoms with Crippen LogP contribution in [-0.2, 0) is 15.0 Å². The molecular formula is C24H27ClN4O2. The first-order chi connectivity index (χ1) is 14.6. The number of nitrogens with one attached hydrogen (secondary N) is 2. The number of benzene rings is 2. The molecule has 0 unspecified atom stereocenters. The number of carbonyl (C=O) groups excluding carboxylic acids is 2. The summed E-state index contributed by atoms with van der Waals surface area (Å²) in [5.74, 6) is -0.375. The van der Waals surface area contributed by atoms with Crippen molar-refractivity contribution in [1.29, 1.82) is 0 Å². The van der Waals surface area contributed by atoms with Crippen LogP contribution >= 0.6 is 11.6 Å². The van der Waals surface area contributed by atoms with Gasteiger partial charge in [-0.15, -0.1) is 0 Å². The van der Waals surface area contributed by atoms with E-state index in [1.807, 2.05) is 64.1 Å². The summed E-state index contributed by atoms with van der Waals surface area (Å²) >= 11 is 6.39. The summed E-state index contributed by atoms with van der Waals surface area (Å²) in [6, 6.07) is 16.0. The zero-order chi connectivity index (χ0) is 22.8. The number of rotatable bonds is 6. The third-order valence-electron chi connectivity index (χ3n) is 5.34. The smallest absolute Gasteiger partial charge is 0.248 e. The Kier molecular flexibility index (Phi) is 6.51. The molecule has 6 nitrogen and oxygen atoms in total. The van der Waals surface area contributed by atoms with E-state index in [-0.39, 0.29) is 11.8 Å². The molecule has 2 N–H and O–H groups in total. The van der Waals surface area contributed by atoms with Crippen LogP contribution in [0, 0.1) is 13.8 Å². The number of aromatic nitrogens is 2. The van der Waals surface area contributed by atoms with Gasteiger partial charge in [-0.25, -0.2) is 0 Å². The van der Waals surface area contributed by atoms with Gasteiger partial charge in [-0.1, -0.05) is 41.9 Å². The summed E-state index contributed by atoms with van der Waals surface area (Å²) in [4.78, 5) is 25.5. The highest BCUT2D eigenvalue weighted by atomic mass is 35.5. The summed E-state index contributed by atoms with van der Waals surface area (Å²) in [6.45, 7) is 9.31. The Morgan fingerprint density at radius 3 is 2.29 bits per heavy atom.